The average molecular weight is 252 g/mol. The first kappa shape index (κ1) is 15.0. The van der Waals surface area contributed by atoms with Crippen LogP contribution in [0.2, 0.25) is 0 Å². The lowest BCUT2D eigenvalue weighted by Crippen LogP contribution is -2.19. The highest BCUT2D eigenvalue weighted by atomic mass is 16.5. The van der Waals surface area contributed by atoms with Gasteiger partial charge in [0.25, 0.3) is 0 Å². The fourth-order valence-electron chi connectivity index (χ4n) is 2.06. The standard InChI is InChI=1S/C15H24O3/c1-12(2)9-17-10-13(3)15(16)18-11-14-7-5-4-6-8-14/h14H,1,3-11H2,2H3. The molecule has 0 aromatic rings. The van der Waals surface area contributed by atoms with Gasteiger partial charge in [-0.25, -0.2) is 4.79 Å². The van der Waals surface area contributed by atoms with Crippen LogP contribution in [-0.2, 0) is 14.3 Å². The summed E-state index contributed by atoms with van der Waals surface area (Å²) in [5.74, 6) is 0.203. The second-order valence-corrected chi connectivity index (χ2v) is 5.16. The highest BCUT2D eigenvalue weighted by molar-refractivity contribution is 5.87. The van der Waals surface area contributed by atoms with Crippen molar-refractivity contribution in [1.82, 2.24) is 0 Å². The fraction of sp³-hybridized carbons (Fsp3) is 0.667. The monoisotopic (exact) mass is 252 g/mol. The van der Waals surface area contributed by atoms with Crippen molar-refractivity contribution in [2.45, 2.75) is 39.0 Å². The molecule has 0 N–H and O–H groups in total. The van der Waals surface area contributed by atoms with Gasteiger partial charge in [0.2, 0.25) is 0 Å². The summed E-state index contributed by atoms with van der Waals surface area (Å²) >= 11 is 0. The van der Waals surface area contributed by atoms with E-state index in [-0.39, 0.29) is 12.6 Å². The number of carbonyl (C=O) groups excluding carboxylic acids is 1. The first-order valence-corrected chi connectivity index (χ1v) is 6.66. The average Bonchev–Trinajstić information content (AvgIpc) is 2.36. The van der Waals surface area contributed by atoms with Gasteiger partial charge < -0.3 is 9.47 Å². The van der Waals surface area contributed by atoms with Gasteiger partial charge in [-0.2, -0.15) is 0 Å². The molecule has 1 aliphatic rings. The van der Waals surface area contributed by atoms with Gasteiger partial charge in [-0.05, 0) is 25.7 Å². The van der Waals surface area contributed by atoms with E-state index in [1.165, 1.54) is 32.1 Å². The molecule has 0 unspecified atom stereocenters. The highest BCUT2D eigenvalue weighted by Crippen LogP contribution is 2.23. The lowest BCUT2D eigenvalue weighted by Gasteiger charge is -2.21. The van der Waals surface area contributed by atoms with Crippen LogP contribution in [0.4, 0.5) is 0 Å². The summed E-state index contributed by atoms with van der Waals surface area (Å²) in [6, 6.07) is 0. The Morgan fingerprint density at radius 1 is 1.17 bits per heavy atom. The molecular formula is C15H24O3. The van der Waals surface area contributed by atoms with Crippen LogP contribution in [0.3, 0.4) is 0 Å². The van der Waals surface area contributed by atoms with Gasteiger partial charge in [0.15, 0.2) is 0 Å². The van der Waals surface area contributed by atoms with E-state index in [2.05, 4.69) is 13.2 Å². The summed E-state index contributed by atoms with van der Waals surface area (Å²) in [6.45, 7) is 10.5. The number of ether oxygens (including phenoxy) is 2. The molecule has 1 saturated carbocycles. The van der Waals surface area contributed by atoms with E-state index in [0.717, 1.165) is 5.57 Å². The molecule has 0 radical (unpaired) electrons. The van der Waals surface area contributed by atoms with E-state index in [1.807, 2.05) is 6.92 Å². The summed E-state index contributed by atoms with van der Waals surface area (Å²) in [5.41, 5.74) is 1.31. The Morgan fingerprint density at radius 2 is 1.83 bits per heavy atom. The molecule has 1 rings (SSSR count). The molecule has 102 valence electrons. The predicted molar refractivity (Wildman–Crippen MR) is 72.3 cm³/mol. The van der Waals surface area contributed by atoms with E-state index >= 15 is 0 Å². The Bertz CT molecular complexity index is 301. The minimum Gasteiger partial charge on any atom is -0.462 e. The number of esters is 1. The second-order valence-electron chi connectivity index (χ2n) is 5.16. The maximum atomic E-state index is 11.6. The lowest BCUT2D eigenvalue weighted by molar-refractivity contribution is -0.141. The van der Waals surface area contributed by atoms with Crippen LogP contribution >= 0.6 is 0 Å². The summed E-state index contributed by atoms with van der Waals surface area (Å²) < 4.78 is 10.5. The van der Waals surface area contributed by atoms with Crippen molar-refractivity contribution in [3.05, 3.63) is 24.3 Å². The van der Waals surface area contributed by atoms with Crippen LogP contribution in [0.1, 0.15) is 39.0 Å². The maximum Gasteiger partial charge on any atom is 0.335 e. The zero-order valence-electron chi connectivity index (χ0n) is 11.4. The van der Waals surface area contributed by atoms with E-state index in [1.54, 1.807) is 0 Å². The molecule has 0 saturated heterocycles. The second kappa shape index (κ2) is 8.09. The van der Waals surface area contributed by atoms with Crippen molar-refractivity contribution < 1.29 is 14.3 Å². The van der Waals surface area contributed by atoms with Gasteiger partial charge in [-0.15, -0.1) is 0 Å². The van der Waals surface area contributed by atoms with Crippen molar-refractivity contribution in [3.63, 3.8) is 0 Å². The Morgan fingerprint density at radius 3 is 2.44 bits per heavy atom. The third kappa shape index (κ3) is 6.01. The molecular weight excluding hydrogens is 228 g/mol. The minimum atomic E-state index is -0.331. The van der Waals surface area contributed by atoms with Crippen molar-refractivity contribution in [3.8, 4) is 0 Å². The number of rotatable bonds is 7. The van der Waals surface area contributed by atoms with E-state index < -0.39 is 0 Å². The molecule has 0 heterocycles. The van der Waals surface area contributed by atoms with Gasteiger partial charge in [0, 0.05) is 0 Å². The van der Waals surface area contributed by atoms with Crippen LogP contribution in [0.5, 0.6) is 0 Å². The Balaban J connectivity index is 2.14. The Hall–Kier alpha value is -1.09. The molecule has 0 atom stereocenters. The third-order valence-corrected chi connectivity index (χ3v) is 3.09. The molecule has 18 heavy (non-hydrogen) atoms. The van der Waals surface area contributed by atoms with Gasteiger partial charge in [-0.1, -0.05) is 38.0 Å². The zero-order valence-corrected chi connectivity index (χ0v) is 11.4. The summed E-state index contributed by atoms with van der Waals surface area (Å²) in [5, 5.41) is 0. The van der Waals surface area contributed by atoms with Gasteiger partial charge in [0.1, 0.15) is 0 Å². The smallest absolute Gasteiger partial charge is 0.335 e. The molecule has 0 spiro atoms. The molecule has 1 fully saturated rings. The molecule has 0 aliphatic heterocycles. The quantitative estimate of drug-likeness (QED) is 0.396. The van der Waals surface area contributed by atoms with Crippen LogP contribution in [0, 0.1) is 5.92 Å². The molecule has 0 bridgehead atoms. The maximum absolute atomic E-state index is 11.6. The minimum absolute atomic E-state index is 0.219. The highest BCUT2D eigenvalue weighted by Gasteiger charge is 2.16. The van der Waals surface area contributed by atoms with Gasteiger partial charge >= 0.3 is 5.97 Å². The number of hydrogen-bond donors (Lipinski definition) is 0. The zero-order chi connectivity index (χ0) is 13.4. The number of hydrogen-bond acceptors (Lipinski definition) is 3. The SMILES string of the molecule is C=C(C)COCC(=C)C(=O)OCC1CCCCC1. The Kier molecular flexibility index (Phi) is 6.73. The van der Waals surface area contributed by atoms with Crippen molar-refractivity contribution >= 4 is 5.97 Å². The number of carbonyl (C=O) groups is 1. The normalized spacial score (nSPS) is 16.3. The van der Waals surface area contributed by atoms with Crippen molar-refractivity contribution in [2.75, 3.05) is 19.8 Å². The van der Waals surface area contributed by atoms with E-state index in [4.69, 9.17) is 9.47 Å². The summed E-state index contributed by atoms with van der Waals surface area (Å²) in [7, 11) is 0. The lowest BCUT2D eigenvalue weighted by atomic mass is 9.90. The summed E-state index contributed by atoms with van der Waals surface area (Å²) in [4.78, 5) is 11.6. The van der Waals surface area contributed by atoms with Gasteiger partial charge in [0.05, 0.1) is 25.4 Å². The van der Waals surface area contributed by atoms with Crippen LogP contribution < -0.4 is 0 Å². The van der Waals surface area contributed by atoms with Gasteiger partial charge in [-0.3, -0.25) is 0 Å². The molecule has 3 heteroatoms. The molecule has 0 aromatic heterocycles. The van der Waals surface area contributed by atoms with Crippen LogP contribution in [0.15, 0.2) is 24.3 Å². The molecule has 1 aliphatic carbocycles. The Labute approximate surface area is 110 Å². The third-order valence-electron chi connectivity index (χ3n) is 3.09. The van der Waals surface area contributed by atoms with Crippen molar-refractivity contribution in [2.24, 2.45) is 5.92 Å². The predicted octanol–water partition coefficient (Wildman–Crippen LogP) is 3.26. The molecule has 3 nitrogen and oxygen atoms in total. The summed E-state index contributed by atoms with van der Waals surface area (Å²) in [6.07, 6.45) is 6.17. The first-order valence-electron chi connectivity index (χ1n) is 6.66. The largest absolute Gasteiger partial charge is 0.462 e. The molecule has 0 amide bonds. The van der Waals surface area contributed by atoms with E-state index in [0.29, 0.717) is 24.7 Å². The van der Waals surface area contributed by atoms with Crippen molar-refractivity contribution in [1.29, 1.82) is 0 Å². The van der Waals surface area contributed by atoms with Crippen LogP contribution in [-0.4, -0.2) is 25.8 Å². The topological polar surface area (TPSA) is 35.5 Å². The first-order chi connectivity index (χ1) is 8.59. The fourth-order valence-corrected chi connectivity index (χ4v) is 2.06. The van der Waals surface area contributed by atoms with Crippen LogP contribution in [0.25, 0.3) is 0 Å². The van der Waals surface area contributed by atoms with E-state index in [9.17, 15) is 4.79 Å². The molecule has 0 aromatic carbocycles.